The Kier molecular flexibility index (Phi) is 7.75. The lowest BCUT2D eigenvalue weighted by Crippen LogP contribution is -2.37. The van der Waals surface area contributed by atoms with E-state index < -0.39 is 54.9 Å². The minimum Gasteiger partial charge on any atom is -0.465 e. The second-order valence-corrected chi connectivity index (χ2v) is 10.8. The largest absolute Gasteiger partial charge is 0.465 e. The zero-order valence-corrected chi connectivity index (χ0v) is 21.2. The number of ether oxygens (including phenoxy) is 2. The molecule has 36 heavy (non-hydrogen) atoms. The van der Waals surface area contributed by atoms with Gasteiger partial charge in [-0.05, 0) is 51.0 Å². The molecule has 5 atom stereocenters. The van der Waals surface area contributed by atoms with Crippen molar-refractivity contribution < 1.29 is 33.0 Å². The van der Waals surface area contributed by atoms with Gasteiger partial charge in [0.1, 0.15) is 24.1 Å². The van der Waals surface area contributed by atoms with Crippen LogP contribution < -0.4 is 20.9 Å². The molecule has 3 N–H and O–H groups in total. The summed E-state index contributed by atoms with van der Waals surface area (Å²) in [6.07, 6.45) is -0.408. The normalized spacial score (nSPS) is 24.7. The number of rotatable bonds is 10. The van der Waals surface area contributed by atoms with Crippen LogP contribution in [-0.2, 0) is 23.4 Å². The highest BCUT2D eigenvalue weighted by Crippen LogP contribution is 2.62. The minimum absolute atomic E-state index is 0.129. The molecule has 5 unspecified atom stereocenters. The highest BCUT2D eigenvalue weighted by Gasteiger charge is 2.64. The first-order chi connectivity index (χ1) is 17.1. The van der Waals surface area contributed by atoms with E-state index in [-0.39, 0.29) is 19.0 Å². The molecule has 0 amide bonds. The Morgan fingerprint density at radius 2 is 2.03 bits per heavy atom. The summed E-state index contributed by atoms with van der Waals surface area (Å²) < 4.78 is 37.0. The van der Waals surface area contributed by atoms with Gasteiger partial charge in [0.25, 0.3) is 5.56 Å². The van der Waals surface area contributed by atoms with E-state index in [1.54, 1.807) is 6.92 Å². The van der Waals surface area contributed by atoms with Gasteiger partial charge in [0.2, 0.25) is 0 Å². The second kappa shape index (κ2) is 10.5. The molecule has 0 radical (unpaired) electrons. The maximum atomic E-state index is 13.6. The fourth-order valence-electron chi connectivity index (χ4n) is 4.12. The first-order valence-electron chi connectivity index (χ1n) is 11.4. The van der Waals surface area contributed by atoms with Gasteiger partial charge in [0.05, 0.1) is 19.3 Å². The number of nitrogens with zero attached hydrogens (tertiary/aromatic N) is 1. The molecule has 1 saturated heterocycles. The molecule has 2 aromatic rings. The molecule has 0 bridgehead atoms. The molecule has 12 nitrogen and oxygen atoms in total. The number of carbonyl (C=O) groups is 1. The fraction of sp³-hybridized carbons (Fsp3) is 0.500. The topological polar surface area (TPSA) is 158 Å². The van der Waals surface area contributed by atoms with E-state index in [4.69, 9.17) is 30.1 Å². The van der Waals surface area contributed by atoms with E-state index >= 15 is 0 Å². The maximum Gasteiger partial charge on any atom is 0.459 e. The summed E-state index contributed by atoms with van der Waals surface area (Å²) >= 11 is 5.90. The van der Waals surface area contributed by atoms with E-state index in [1.807, 2.05) is 0 Å². The Bertz CT molecular complexity index is 1260. The van der Waals surface area contributed by atoms with Crippen molar-refractivity contribution in [2.75, 3.05) is 13.2 Å². The number of esters is 1. The standard InChI is InChI=1S/C22H27ClN3O9P/c1-3-32-19(29)13(2)25-36(31,35-15-6-4-14(23)5-7-15)33-12-16-18(28)22(9-10-22)20(34-16)26-11-8-17(27)24-21(26)30/h4-8,11,13,16,18,20,28H,3,9-10,12H2,1-2H3,(H,25,31)(H,24,27,30). The highest BCUT2D eigenvalue weighted by atomic mass is 35.5. The van der Waals surface area contributed by atoms with Crippen LogP contribution in [0, 0.1) is 5.41 Å². The van der Waals surface area contributed by atoms with Gasteiger partial charge in [-0.15, -0.1) is 0 Å². The molecule has 1 aromatic carbocycles. The Labute approximate surface area is 211 Å². The van der Waals surface area contributed by atoms with Crippen LogP contribution in [0.15, 0.2) is 46.1 Å². The van der Waals surface area contributed by atoms with E-state index in [0.29, 0.717) is 17.9 Å². The van der Waals surface area contributed by atoms with Crippen LogP contribution in [0.4, 0.5) is 0 Å². The van der Waals surface area contributed by atoms with Crippen LogP contribution in [0.25, 0.3) is 0 Å². The van der Waals surface area contributed by atoms with Crippen molar-refractivity contribution in [3.05, 3.63) is 62.4 Å². The Morgan fingerprint density at radius 3 is 2.64 bits per heavy atom. The number of hydrogen-bond acceptors (Lipinski definition) is 9. The molecule has 2 fully saturated rings. The van der Waals surface area contributed by atoms with Crippen molar-refractivity contribution >= 4 is 25.3 Å². The highest BCUT2D eigenvalue weighted by molar-refractivity contribution is 7.52. The third kappa shape index (κ3) is 5.59. The lowest BCUT2D eigenvalue weighted by molar-refractivity contribution is -0.144. The zero-order chi connectivity index (χ0) is 26.1. The number of H-pyrrole nitrogens is 1. The number of hydrogen-bond donors (Lipinski definition) is 3. The van der Waals surface area contributed by atoms with Gasteiger partial charge in [0, 0.05) is 22.7 Å². The Hall–Kier alpha value is -2.47. The molecule has 1 aromatic heterocycles. The van der Waals surface area contributed by atoms with Gasteiger partial charge < -0.3 is 19.1 Å². The summed E-state index contributed by atoms with van der Waals surface area (Å²) in [6.45, 7) is 2.83. The van der Waals surface area contributed by atoms with Crippen molar-refractivity contribution in [1.82, 2.24) is 14.6 Å². The zero-order valence-electron chi connectivity index (χ0n) is 19.6. The summed E-state index contributed by atoms with van der Waals surface area (Å²) in [4.78, 5) is 38.1. The van der Waals surface area contributed by atoms with E-state index in [9.17, 15) is 24.1 Å². The van der Waals surface area contributed by atoms with Crippen molar-refractivity contribution in [3.8, 4) is 5.75 Å². The number of benzene rings is 1. The van der Waals surface area contributed by atoms with Gasteiger partial charge in [-0.1, -0.05) is 11.6 Å². The summed E-state index contributed by atoms with van der Waals surface area (Å²) in [5, 5.41) is 14.0. The van der Waals surface area contributed by atoms with Crippen molar-refractivity contribution in [1.29, 1.82) is 0 Å². The predicted molar refractivity (Wildman–Crippen MR) is 128 cm³/mol. The summed E-state index contributed by atoms with van der Waals surface area (Å²) in [6, 6.07) is 6.17. The van der Waals surface area contributed by atoms with Crippen LogP contribution in [0.2, 0.25) is 5.02 Å². The minimum atomic E-state index is -4.20. The average Bonchev–Trinajstić information content (AvgIpc) is 3.58. The van der Waals surface area contributed by atoms with Crippen LogP contribution >= 0.6 is 19.3 Å². The predicted octanol–water partition coefficient (Wildman–Crippen LogP) is 1.97. The summed E-state index contributed by atoms with van der Waals surface area (Å²) in [5.41, 5.74) is -1.97. The molecular formula is C22H27ClN3O9P. The van der Waals surface area contributed by atoms with Crippen molar-refractivity contribution in [2.45, 2.75) is 51.2 Å². The van der Waals surface area contributed by atoms with Gasteiger partial charge in [0.15, 0.2) is 0 Å². The lowest BCUT2D eigenvalue weighted by Gasteiger charge is -2.24. The lowest BCUT2D eigenvalue weighted by atomic mass is 9.96. The molecule has 4 rings (SSSR count). The average molecular weight is 544 g/mol. The number of aliphatic hydroxyl groups excluding tert-OH is 1. The number of carbonyl (C=O) groups excluding carboxylic acids is 1. The molecule has 1 saturated carbocycles. The summed E-state index contributed by atoms with van der Waals surface area (Å²) in [5.74, 6) is -0.497. The second-order valence-electron chi connectivity index (χ2n) is 8.66. The van der Waals surface area contributed by atoms with Gasteiger partial charge in [-0.25, -0.2) is 9.36 Å². The quantitative estimate of drug-likeness (QED) is 0.299. The van der Waals surface area contributed by atoms with E-state index in [1.165, 1.54) is 48.0 Å². The molecule has 1 aliphatic heterocycles. The molecular weight excluding hydrogens is 517 g/mol. The number of aromatic nitrogens is 2. The Morgan fingerprint density at radius 1 is 1.33 bits per heavy atom. The molecule has 2 heterocycles. The first-order valence-corrected chi connectivity index (χ1v) is 13.3. The van der Waals surface area contributed by atoms with E-state index in [2.05, 4.69) is 10.1 Å². The van der Waals surface area contributed by atoms with Crippen LogP contribution in [0.1, 0.15) is 32.9 Å². The first kappa shape index (κ1) is 26.6. The maximum absolute atomic E-state index is 13.6. The molecule has 2 aliphatic rings. The van der Waals surface area contributed by atoms with Crippen LogP contribution in [0.3, 0.4) is 0 Å². The van der Waals surface area contributed by atoms with Crippen molar-refractivity contribution in [3.63, 3.8) is 0 Å². The smallest absolute Gasteiger partial charge is 0.459 e. The molecule has 1 aliphatic carbocycles. The van der Waals surface area contributed by atoms with Gasteiger partial charge >= 0.3 is 19.4 Å². The third-order valence-electron chi connectivity index (χ3n) is 6.11. The van der Waals surface area contributed by atoms with Crippen LogP contribution in [-0.4, -0.2) is 52.1 Å². The van der Waals surface area contributed by atoms with E-state index in [0.717, 1.165) is 0 Å². The molecule has 14 heteroatoms. The monoisotopic (exact) mass is 543 g/mol. The number of aliphatic hydroxyl groups is 1. The third-order valence-corrected chi connectivity index (χ3v) is 8.00. The SMILES string of the molecule is CCOC(=O)C(C)NP(=O)(OCC1OC(n2ccc(=O)[nH]c2=O)C2(CC2)C1O)Oc1ccc(Cl)cc1. The van der Waals surface area contributed by atoms with Gasteiger partial charge in [-0.2, -0.15) is 5.09 Å². The molecule has 1 spiro atoms. The Balaban J connectivity index is 1.52. The van der Waals surface area contributed by atoms with Crippen LogP contribution in [0.5, 0.6) is 5.75 Å². The number of nitrogens with one attached hydrogen (secondary N) is 2. The van der Waals surface area contributed by atoms with Crippen molar-refractivity contribution in [2.24, 2.45) is 5.41 Å². The molecule has 196 valence electrons. The number of halogens is 1. The summed E-state index contributed by atoms with van der Waals surface area (Å²) in [7, 11) is -4.20. The fourth-order valence-corrected chi connectivity index (χ4v) is 5.74. The van der Waals surface area contributed by atoms with Gasteiger partial charge in [-0.3, -0.25) is 23.7 Å². The number of aromatic amines is 1.